The third-order valence-electron chi connectivity index (χ3n) is 2.61. The molecule has 0 fully saturated rings. The molecule has 0 aliphatic carbocycles. The van der Waals surface area contributed by atoms with Crippen LogP contribution in [-0.2, 0) is 23.9 Å². The zero-order valence-electron chi connectivity index (χ0n) is 10.1. The number of cyclic esters (lactones) is 2. The molecule has 0 unspecified atom stereocenters. The molecule has 0 saturated heterocycles. The molecule has 0 amide bonds. The molecule has 1 heterocycles. The lowest BCUT2D eigenvalue weighted by molar-refractivity contribution is -0.152. The van der Waals surface area contributed by atoms with E-state index in [0.717, 1.165) is 25.7 Å². The number of rotatable bonds is 6. The van der Waals surface area contributed by atoms with Crippen molar-refractivity contribution in [1.29, 1.82) is 0 Å². The van der Waals surface area contributed by atoms with Crippen molar-refractivity contribution in [1.82, 2.24) is 0 Å². The van der Waals surface area contributed by atoms with Gasteiger partial charge in [0.2, 0.25) is 0 Å². The summed E-state index contributed by atoms with van der Waals surface area (Å²) in [5.41, 5.74) is -0.0908. The van der Waals surface area contributed by atoms with Crippen LogP contribution in [0.3, 0.4) is 0 Å². The van der Waals surface area contributed by atoms with Crippen LogP contribution in [0.4, 0.5) is 0 Å². The standard InChI is InChI=1S/C12H16O5/c1-3-4-5-6-7-8-9(11(14)16-2)12(15)17-10(8)13/h3-7H2,1-2H3. The van der Waals surface area contributed by atoms with Crippen LogP contribution in [0, 0.1) is 0 Å². The average Bonchev–Trinajstić information content (AvgIpc) is 2.59. The van der Waals surface area contributed by atoms with E-state index in [1.54, 1.807) is 0 Å². The molecular formula is C12H16O5. The lowest BCUT2D eigenvalue weighted by Gasteiger charge is -2.00. The maximum absolute atomic E-state index is 11.4. The number of hydrogen-bond acceptors (Lipinski definition) is 5. The van der Waals surface area contributed by atoms with Gasteiger partial charge in [0.05, 0.1) is 12.7 Å². The summed E-state index contributed by atoms with van der Waals surface area (Å²) >= 11 is 0. The topological polar surface area (TPSA) is 69.7 Å². The van der Waals surface area contributed by atoms with E-state index in [-0.39, 0.29) is 11.1 Å². The molecule has 17 heavy (non-hydrogen) atoms. The highest BCUT2D eigenvalue weighted by molar-refractivity contribution is 6.25. The fourth-order valence-electron chi connectivity index (χ4n) is 1.69. The van der Waals surface area contributed by atoms with E-state index in [1.165, 1.54) is 7.11 Å². The average molecular weight is 240 g/mol. The normalized spacial score (nSPS) is 15.2. The molecule has 1 aliphatic heterocycles. The Bertz CT molecular complexity index is 367. The van der Waals surface area contributed by atoms with Crippen LogP contribution >= 0.6 is 0 Å². The summed E-state index contributed by atoms with van der Waals surface area (Å²) in [6.45, 7) is 2.08. The van der Waals surface area contributed by atoms with E-state index in [1.807, 2.05) is 0 Å². The second kappa shape index (κ2) is 6.18. The van der Waals surface area contributed by atoms with Gasteiger partial charge in [-0.2, -0.15) is 0 Å². The van der Waals surface area contributed by atoms with Crippen molar-refractivity contribution in [3.63, 3.8) is 0 Å². The van der Waals surface area contributed by atoms with Gasteiger partial charge in [-0.05, 0) is 12.8 Å². The second-order valence-corrected chi connectivity index (χ2v) is 3.83. The maximum Gasteiger partial charge on any atom is 0.354 e. The smallest absolute Gasteiger partial charge is 0.354 e. The van der Waals surface area contributed by atoms with Crippen LogP contribution in [0.2, 0.25) is 0 Å². The van der Waals surface area contributed by atoms with Crippen LogP contribution < -0.4 is 0 Å². The quantitative estimate of drug-likeness (QED) is 0.304. The zero-order chi connectivity index (χ0) is 12.8. The number of unbranched alkanes of at least 4 members (excludes halogenated alkanes) is 3. The van der Waals surface area contributed by atoms with Gasteiger partial charge in [0.15, 0.2) is 5.57 Å². The minimum Gasteiger partial charge on any atom is -0.465 e. The maximum atomic E-state index is 11.4. The van der Waals surface area contributed by atoms with Crippen molar-refractivity contribution in [2.45, 2.75) is 39.0 Å². The molecule has 5 nitrogen and oxygen atoms in total. The van der Waals surface area contributed by atoms with Crippen molar-refractivity contribution in [3.05, 3.63) is 11.1 Å². The Kier molecular flexibility index (Phi) is 4.87. The highest BCUT2D eigenvalue weighted by atomic mass is 16.6. The molecule has 0 radical (unpaired) electrons. The predicted molar refractivity (Wildman–Crippen MR) is 58.9 cm³/mol. The Labute approximate surface area is 99.8 Å². The van der Waals surface area contributed by atoms with E-state index < -0.39 is 17.9 Å². The molecule has 94 valence electrons. The second-order valence-electron chi connectivity index (χ2n) is 3.83. The highest BCUT2D eigenvalue weighted by Crippen LogP contribution is 2.23. The molecule has 0 spiro atoms. The SMILES string of the molecule is CCCCCCC1=C(C(=O)OC)C(=O)OC1=O. The molecule has 0 bridgehead atoms. The number of ether oxygens (including phenoxy) is 2. The van der Waals surface area contributed by atoms with E-state index in [9.17, 15) is 14.4 Å². The van der Waals surface area contributed by atoms with Crippen molar-refractivity contribution in [2.24, 2.45) is 0 Å². The summed E-state index contributed by atoms with van der Waals surface area (Å²) in [4.78, 5) is 34.0. The highest BCUT2D eigenvalue weighted by Gasteiger charge is 2.37. The molecule has 1 rings (SSSR count). The van der Waals surface area contributed by atoms with Crippen LogP contribution in [0.25, 0.3) is 0 Å². The summed E-state index contributed by atoms with van der Waals surface area (Å²) in [7, 11) is 1.17. The number of carbonyl (C=O) groups excluding carboxylic acids is 3. The van der Waals surface area contributed by atoms with Crippen LogP contribution in [0.1, 0.15) is 39.0 Å². The molecule has 0 N–H and O–H groups in total. The fourth-order valence-corrected chi connectivity index (χ4v) is 1.69. The Hall–Kier alpha value is -1.65. The molecular weight excluding hydrogens is 224 g/mol. The van der Waals surface area contributed by atoms with Crippen molar-refractivity contribution >= 4 is 17.9 Å². The van der Waals surface area contributed by atoms with Gasteiger partial charge in [0.1, 0.15) is 0 Å². The van der Waals surface area contributed by atoms with Gasteiger partial charge in [0.25, 0.3) is 0 Å². The first-order chi connectivity index (χ1) is 8.11. The first kappa shape index (κ1) is 13.4. The van der Waals surface area contributed by atoms with E-state index in [2.05, 4.69) is 16.4 Å². The van der Waals surface area contributed by atoms with E-state index >= 15 is 0 Å². The Morgan fingerprint density at radius 3 is 2.47 bits per heavy atom. The van der Waals surface area contributed by atoms with Crippen LogP contribution in [0.15, 0.2) is 11.1 Å². The molecule has 0 aromatic carbocycles. The van der Waals surface area contributed by atoms with Gasteiger partial charge in [-0.1, -0.05) is 26.2 Å². The monoisotopic (exact) mass is 240 g/mol. The molecule has 0 aromatic heterocycles. The van der Waals surface area contributed by atoms with Gasteiger partial charge in [-0.15, -0.1) is 0 Å². The number of carbonyl (C=O) groups is 3. The van der Waals surface area contributed by atoms with Gasteiger partial charge in [0, 0.05) is 0 Å². The third kappa shape index (κ3) is 3.15. The largest absolute Gasteiger partial charge is 0.465 e. The summed E-state index contributed by atoms with van der Waals surface area (Å²) in [5.74, 6) is -2.41. The lowest BCUT2D eigenvalue weighted by Crippen LogP contribution is -2.12. The molecule has 0 saturated carbocycles. The minimum absolute atomic E-state index is 0.151. The first-order valence-electron chi connectivity index (χ1n) is 5.69. The van der Waals surface area contributed by atoms with Crippen LogP contribution in [0.5, 0.6) is 0 Å². The van der Waals surface area contributed by atoms with Gasteiger partial charge in [-0.3, -0.25) is 0 Å². The van der Waals surface area contributed by atoms with E-state index in [4.69, 9.17) is 0 Å². The number of hydrogen-bond donors (Lipinski definition) is 0. The zero-order valence-corrected chi connectivity index (χ0v) is 10.1. The molecule has 5 heteroatoms. The van der Waals surface area contributed by atoms with E-state index in [0.29, 0.717) is 6.42 Å². The Balaban J connectivity index is 2.74. The first-order valence-corrected chi connectivity index (χ1v) is 5.69. The van der Waals surface area contributed by atoms with Gasteiger partial charge >= 0.3 is 17.9 Å². The summed E-state index contributed by atoms with van der Waals surface area (Å²) < 4.78 is 8.87. The number of esters is 3. The van der Waals surface area contributed by atoms with Gasteiger partial charge in [-0.25, -0.2) is 14.4 Å². The van der Waals surface area contributed by atoms with Crippen LogP contribution in [-0.4, -0.2) is 25.0 Å². The summed E-state index contributed by atoms with van der Waals surface area (Å²) in [5, 5.41) is 0. The van der Waals surface area contributed by atoms with Crippen molar-refractivity contribution < 1.29 is 23.9 Å². The fraction of sp³-hybridized carbons (Fsp3) is 0.583. The van der Waals surface area contributed by atoms with Crippen molar-refractivity contribution in [3.8, 4) is 0 Å². The summed E-state index contributed by atoms with van der Waals surface area (Å²) in [6, 6.07) is 0. The number of methoxy groups -OCH3 is 1. The Morgan fingerprint density at radius 2 is 1.88 bits per heavy atom. The molecule has 1 aliphatic rings. The van der Waals surface area contributed by atoms with Gasteiger partial charge < -0.3 is 9.47 Å². The Morgan fingerprint density at radius 1 is 1.18 bits per heavy atom. The minimum atomic E-state index is -0.896. The third-order valence-corrected chi connectivity index (χ3v) is 2.61. The molecule has 0 atom stereocenters. The molecule has 0 aromatic rings. The van der Waals surface area contributed by atoms with Crippen molar-refractivity contribution in [2.75, 3.05) is 7.11 Å². The lowest BCUT2D eigenvalue weighted by atomic mass is 10.0. The predicted octanol–water partition coefficient (Wildman–Crippen LogP) is 1.51. The summed E-state index contributed by atoms with van der Waals surface area (Å²) in [6.07, 6.45) is 4.23.